The third-order valence-electron chi connectivity index (χ3n) is 2.90. The number of aliphatic carboxylic acids is 1. The summed E-state index contributed by atoms with van der Waals surface area (Å²) in [7, 11) is 1.87. The van der Waals surface area contributed by atoms with Crippen molar-refractivity contribution in [3.63, 3.8) is 0 Å². The zero-order valence-electron chi connectivity index (χ0n) is 9.57. The molecule has 0 unspecified atom stereocenters. The van der Waals surface area contributed by atoms with Gasteiger partial charge in [0.05, 0.1) is 0 Å². The Kier molecular flexibility index (Phi) is 2.71. The average molecular weight is 233 g/mol. The Morgan fingerprint density at radius 2 is 2.18 bits per heavy atom. The second-order valence-electron chi connectivity index (χ2n) is 3.89. The SMILES string of the molecule is Cc1c(/C=C/C(=O)O)c2cc(F)ccc2n1C. The lowest BCUT2D eigenvalue weighted by atomic mass is 10.1. The second-order valence-corrected chi connectivity index (χ2v) is 3.89. The first-order valence-electron chi connectivity index (χ1n) is 5.16. The lowest BCUT2D eigenvalue weighted by molar-refractivity contribution is -0.131. The number of aromatic nitrogens is 1. The van der Waals surface area contributed by atoms with Gasteiger partial charge < -0.3 is 9.67 Å². The zero-order chi connectivity index (χ0) is 12.6. The molecule has 0 saturated heterocycles. The molecule has 0 bridgehead atoms. The third-order valence-corrected chi connectivity index (χ3v) is 2.90. The zero-order valence-corrected chi connectivity index (χ0v) is 9.57. The maximum Gasteiger partial charge on any atom is 0.328 e. The van der Waals surface area contributed by atoms with Gasteiger partial charge in [0.25, 0.3) is 0 Å². The molecule has 0 atom stereocenters. The molecule has 1 aromatic heterocycles. The van der Waals surface area contributed by atoms with E-state index < -0.39 is 5.97 Å². The summed E-state index contributed by atoms with van der Waals surface area (Å²) in [5.41, 5.74) is 2.53. The molecule has 0 aliphatic heterocycles. The number of benzene rings is 1. The monoisotopic (exact) mass is 233 g/mol. The predicted molar refractivity (Wildman–Crippen MR) is 64.3 cm³/mol. The largest absolute Gasteiger partial charge is 0.478 e. The molecule has 88 valence electrons. The number of halogens is 1. The summed E-state index contributed by atoms with van der Waals surface area (Å²) in [6.07, 6.45) is 2.56. The Morgan fingerprint density at radius 3 is 2.82 bits per heavy atom. The van der Waals surface area contributed by atoms with Gasteiger partial charge in [-0.1, -0.05) is 0 Å². The third kappa shape index (κ3) is 1.93. The molecule has 1 N–H and O–H groups in total. The van der Waals surface area contributed by atoms with Crippen molar-refractivity contribution in [1.29, 1.82) is 0 Å². The smallest absolute Gasteiger partial charge is 0.328 e. The van der Waals surface area contributed by atoms with Gasteiger partial charge in [-0.15, -0.1) is 0 Å². The van der Waals surface area contributed by atoms with Crippen molar-refractivity contribution in [1.82, 2.24) is 4.57 Å². The minimum atomic E-state index is -1.02. The topological polar surface area (TPSA) is 42.2 Å². The fraction of sp³-hybridized carbons (Fsp3) is 0.154. The van der Waals surface area contributed by atoms with E-state index in [4.69, 9.17) is 5.11 Å². The number of aryl methyl sites for hydroxylation is 1. The predicted octanol–water partition coefficient (Wildman–Crippen LogP) is 2.72. The molecule has 0 radical (unpaired) electrons. The van der Waals surface area contributed by atoms with E-state index in [1.54, 1.807) is 6.07 Å². The van der Waals surface area contributed by atoms with Gasteiger partial charge >= 0.3 is 5.97 Å². The number of carboxylic acids is 1. The van der Waals surface area contributed by atoms with E-state index in [9.17, 15) is 9.18 Å². The summed E-state index contributed by atoms with van der Waals surface area (Å²) in [5, 5.41) is 9.36. The summed E-state index contributed by atoms with van der Waals surface area (Å²) in [4.78, 5) is 10.5. The second kappa shape index (κ2) is 4.05. The van der Waals surface area contributed by atoms with Crippen molar-refractivity contribution in [2.24, 2.45) is 7.05 Å². The molecule has 17 heavy (non-hydrogen) atoms. The summed E-state index contributed by atoms with van der Waals surface area (Å²) >= 11 is 0. The fourth-order valence-electron chi connectivity index (χ4n) is 1.94. The maximum absolute atomic E-state index is 13.2. The summed E-state index contributed by atoms with van der Waals surface area (Å²) in [6, 6.07) is 4.51. The molecule has 2 aromatic rings. The van der Waals surface area contributed by atoms with Crippen LogP contribution in [-0.4, -0.2) is 15.6 Å². The first-order valence-corrected chi connectivity index (χ1v) is 5.16. The van der Waals surface area contributed by atoms with Crippen molar-refractivity contribution in [2.45, 2.75) is 6.92 Å². The molecule has 0 aliphatic rings. The molecule has 4 heteroatoms. The first kappa shape index (κ1) is 11.4. The van der Waals surface area contributed by atoms with Crippen LogP contribution >= 0.6 is 0 Å². The van der Waals surface area contributed by atoms with Crippen molar-refractivity contribution in [3.8, 4) is 0 Å². The highest BCUT2D eigenvalue weighted by Gasteiger charge is 2.10. The van der Waals surface area contributed by atoms with E-state index in [1.165, 1.54) is 18.2 Å². The van der Waals surface area contributed by atoms with Gasteiger partial charge in [0.1, 0.15) is 5.82 Å². The molecule has 1 heterocycles. The van der Waals surface area contributed by atoms with E-state index in [2.05, 4.69) is 0 Å². The van der Waals surface area contributed by atoms with Gasteiger partial charge in [0.2, 0.25) is 0 Å². The highest BCUT2D eigenvalue weighted by Crippen LogP contribution is 2.26. The molecule has 0 fully saturated rings. The number of rotatable bonds is 2. The number of carbonyl (C=O) groups is 1. The number of carboxylic acid groups (broad SMARTS) is 1. The highest BCUT2D eigenvalue weighted by atomic mass is 19.1. The van der Waals surface area contributed by atoms with Crippen molar-refractivity contribution in [3.05, 3.63) is 41.3 Å². The lowest BCUT2D eigenvalue weighted by Gasteiger charge is -1.97. The van der Waals surface area contributed by atoms with Crippen LogP contribution in [0.3, 0.4) is 0 Å². The van der Waals surface area contributed by atoms with Gasteiger partial charge in [-0.3, -0.25) is 0 Å². The Hall–Kier alpha value is -2.10. The van der Waals surface area contributed by atoms with Crippen molar-refractivity contribution >= 4 is 22.9 Å². The quantitative estimate of drug-likeness (QED) is 0.810. The van der Waals surface area contributed by atoms with Crippen LogP contribution in [-0.2, 0) is 11.8 Å². The van der Waals surface area contributed by atoms with Gasteiger partial charge in [0, 0.05) is 35.3 Å². The molecule has 0 saturated carbocycles. The Balaban J connectivity index is 2.72. The van der Waals surface area contributed by atoms with Crippen LogP contribution in [0.15, 0.2) is 24.3 Å². The van der Waals surface area contributed by atoms with Crippen molar-refractivity contribution in [2.75, 3.05) is 0 Å². The molecule has 3 nitrogen and oxygen atoms in total. The molecule has 1 aromatic carbocycles. The van der Waals surface area contributed by atoms with Crippen LogP contribution < -0.4 is 0 Å². The van der Waals surface area contributed by atoms with Crippen LogP contribution in [0.25, 0.3) is 17.0 Å². The van der Waals surface area contributed by atoms with Gasteiger partial charge in [-0.25, -0.2) is 9.18 Å². The summed E-state index contributed by atoms with van der Waals surface area (Å²) in [5.74, 6) is -1.34. The fourth-order valence-corrected chi connectivity index (χ4v) is 1.94. The van der Waals surface area contributed by atoms with E-state index in [0.29, 0.717) is 0 Å². The van der Waals surface area contributed by atoms with Crippen LogP contribution in [0.2, 0.25) is 0 Å². The minimum Gasteiger partial charge on any atom is -0.478 e. The Labute approximate surface area is 97.8 Å². The highest BCUT2D eigenvalue weighted by molar-refractivity contribution is 5.95. The van der Waals surface area contributed by atoms with E-state index in [0.717, 1.165) is 28.2 Å². The molecule has 0 amide bonds. The summed E-state index contributed by atoms with van der Waals surface area (Å²) < 4.78 is 15.1. The number of nitrogens with zero attached hydrogens (tertiary/aromatic N) is 1. The molecular weight excluding hydrogens is 221 g/mol. The van der Waals surface area contributed by atoms with Gasteiger partial charge in [0.15, 0.2) is 0 Å². The molecule has 2 rings (SSSR count). The Morgan fingerprint density at radius 1 is 1.47 bits per heavy atom. The lowest BCUT2D eigenvalue weighted by Crippen LogP contribution is -1.90. The first-order chi connectivity index (χ1) is 8.00. The summed E-state index contributed by atoms with van der Waals surface area (Å²) in [6.45, 7) is 1.87. The van der Waals surface area contributed by atoms with E-state index >= 15 is 0 Å². The van der Waals surface area contributed by atoms with Gasteiger partial charge in [-0.2, -0.15) is 0 Å². The maximum atomic E-state index is 13.2. The molecular formula is C13H12FNO2. The molecule has 0 aliphatic carbocycles. The van der Waals surface area contributed by atoms with Crippen LogP contribution in [0.4, 0.5) is 4.39 Å². The number of hydrogen-bond acceptors (Lipinski definition) is 1. The van der Waals surface area contributed by atoms with E-state index in [1.807, 2.05) is 18.5 Å². The van der Waals surface area contributed by atoms with E-state index in [-0.39, 0.29) is 5.82 Å². The normalized spacial score (nSPS) is 11.5. The standard InChI is InChI=1S/C13H12FNO2/c1-8-10(4-6-13(16)17)11-7-9(14)3-5-12(11)15(8)2/h3-7H,1-2H3,(H,16,17)/b6-4+. The minimum absolute atomic E-state index is 0.326. The van der Waals surface area contributed by atoms with Crippen LogP contribution in [0.5, 0.6) is 0 Å². The van der Waals surface area contributed by atoms with Crippen LogP contribution in [0.1, 0.15) is 11.3 Å². The number of fused-ring (bicyclic) bond motifs is 1. The average Bonchev–Trinajstić information content (AvgIpc) is 2.49. The molecule has 0 spiro atoms. The van der Waals surface area contributed by atoms with Gasteiger partial charge in [-0.05, 0) is 31.2 Å². The van der Waals surface area contributed by atoms with Crippen LogP contribution in [0, 0.1) is 12.7 Å². The number of hydrogen-bond donors (Lipinski definition) is 1. The Bertz CT molecular complexity index is 626. The van der Waals surface area contributed by atoms with Crippen molar-refractivity contribution < 1.29 is 14.3 Å².